The molecule has 6 nitrogen and oxygen atoms in total. The third-order valence-electron chi connectivity index (χ3n) is 4.84. The van der Waals surface area contributed by atoms with Crippen molar-refractivity contribution in [3.63, 3.8) is 0 Å². The van der Waals surface area contributed by atoms with Crippen molar-refractivity contribution in [3.05, 3.63) is 11.3 Å². The van der Waals surface area contributed by atoms with Gasteiger partial charge in [-0.05, 0) is 38.5 Å². The van der Waals surface area contributed by atoms with Gasteiger partial charge in [-0.15, -0.1) is 0 Å². The quantitative estimate of drug-likeness (QED) is 0.574. The van der Waals surface area contributed by atoms with E-state index in [9.17, 15) is 9.59 Å². The molecule has 6 heteroatoms. The molecule has 0 aromatic carbocycles. The van der Waals surface area contributed by atoms with Gasteiger partial charge in [-0.25, -0.2) is 4.79 Å². The first kappa shape index (κ1) is 17.8. The van der Waals surface area contributed by atoms with Crippen molar-refractivity contribution >= 4 is 11.9 Å². The van der Waals surface area contributed by atoms with Gasteiger partial charge in [0.05, 0.1) is 32.4 Å². The summed E-state index contributed by atoms with van der Waals surface area (Å²) in [5.41, 5.74) is 1.73. The molecule has 0 heterocycles. The normalized spacial score (nSPS) is 25.0. The van der Waals surface area contributed by atoms with E-state index in [2.05, 4.69) is 10.6 Å². The minimum atomic E-state index is -0.239. The second-order valence-electron chi connectivity index (χ2n) is 6.23. The summed E-state index contributed by atoms with van der Waals surface area (Å²) < 4.78 is 9.77. The zero-order valence-electron chi connectivity index (χ0n) is 14.2. The van der Waals surface area contributed by atoms with Gasteiger partial charge in [-0.1, -0.05) is 12.8 Å². The summed E-state index contributed by atoms with van der Waals surface area (Å²) in [6, 6.07) is 0.134. The molecule has 1 saturated carbocycles. The lowest BCUT2D eigenvalue weighted by atomic mass is 9.84. The van der Waals surface area contributed by atoms with Crippen LogP contribution in [-0.2, 0) is 19.1 Å². The number of hydrogen-bond donors (Lipinski definition) is 2. The Balaban J connectivity index is 1.90. The fourth-order valence-electron chi connectivity index (χ4n) is 3.55. The number of rotatable bonds is 6. The molecule has 1 fully saturated rings. The highest BCUT2D eigenvalue weighted by atomic mass is 16.5. The molecule has 0 aliphatic heterocycles. The molecule has 2 aliphatic rings. The van der Waals surface area contributed by atoms with Crippen LogP contribution in [-0.4, -0.2) is 38.9 Å². The Morgan fingerprint density at radius 1 is 1.04 bits per heavy atom. The molecule has 2 rings (SSSR count). The Hall–Kier alpha value is -1.56. The zero-order chi connectivity index (χ0) is 16.7. The molecule has 0 aromatic rings. The summed E-state index contributed by atoms with van der Waals surface area (Å²) in [7, 11) is 2.87. The maximum Gasteiger partial charge on any atom is 0.335 e. The molecular formula is C17H28N2O4. The summed E-state index contributed by atoms with van der Waals surface area (Å²) in [6.45, 7) is 0.550. The van der Waals surface area contributed by atoms with E-state index >= 15 is 0 Å². The highest BCUT2D eigenvalue weighted by Crippen LogP contribution is 2.26. The molecule has 0 aromatic heterocycles. The fourth-order valence-corrected chi connectivity index (χ4v) is 3.55. The highest BCUT2D eigenvalue weighted by Gasteiger charge is 2.31. The Morgan fingerprint density at radius 2 is 1.78 bits per heavy atom. The minimum absolute atomic E-state index is 0.0732. The van der Waals surface area contributed by atoms with Crippen LogP contribution in [0.15, 0.2) is 11.3 Å². The van der Waals surface area contributed by atoms with Crippen molar-refractivity contribution in [2.45, 2.75) is 57.4 Å². The number of ether oxygens (including phenoxy) is 2. The molecule has 2 unspecified atom stereocenters. The largest absolute Gasteiger partial charge is 0.469 e. The Labute approximate surface area is 138 Å². The van der Waals surface area contributed by atoms with Gasteiger partial charge in [-0.3, -0.25) is 10.1 Å². The first-order valence-corrected chi connectivity index (χ1v) is 8.52. The Morgan fingerprint density at radius 3 is 2.52 bits per heavy atom. The lowest BCUT2D eigenvalue weighted by Crippen LogP contribution is -2.46. The smallest absolute Gasteiger partial charge is 0.335 e. The molecular weight excluding hydrogens is 296 g/mol. The molecule has 23 heavy (non-hydrogen) atoms. The highest BCUT2D eigenvalue weighted by molar-refractivity contribution is 5.89. The van der Waals surface area contributed by atoms with Crippen LogP contribution in [0.5, 0.6) is 0 Å². The van der Waals surface area contributed by atoms with Crippen LogP contribution in [0.3, 0.4) is 0 Å². The third kappa shape index (κ3) is 4.70. The Kier molecular flexibility index (Phi) is 6.89. The fraction of sp³-hybridized carbons (Fsp3) is 0.765. The molecule has 0 amide bonds. The van der Waals surface area contributed by atoms with Crippen LogP contribution in [0.25, 0.3) is 0 Å². The number of methoxy groups -OCH3 is 2. The molecule has 0 saturated heterocycles. The van der Waals surface area contributed by atoms with Gasteiger partial charge in [0.15, 0.2) is 0 Å². The standard InChI is InChI=1S/C17H28N2O4/c1-22-16(20)12-7-3-5-9-14(12)18-11-19-15-10-6-4-8-13(15)17(21)23-2/h12,14,18-19H,3-11H2,1-2H3. The molecule has 0 spiro atoms. The summed E-state index contributed by atoms with van der Waals surface area (Å²) >= 11 is 0. The number of carbonyl (C=O) groups excluding carboxylic acids is 2. The van der Waals surface area contributed by atoms with Crippen molar-refractivity contribution in [1.29, 1.82) is 0 Å². The second kappa shape index (κ2) is 8.91. The van der Waals surface area contributed by atoms with Crippen LogP contribution in [0, 0.1) is 5.92 Å². The van der Waals surface area contributed by atoms with E-state index in [1.807, 2.05) is 0 Å². The zero-order valence-corrected chi connectivity index (χ0v) is 14.2. The summed E-state index contributed by atoms with van der Waals surface area (Å²) in [5.74, 6) is -0.442. The van der Waals surface area contributed by atoms with Gasteiger partial charge >= 0.3 is 11.9 Å². The molecule has 0 bridgehead atoms. The van der Waals surface area contributed by atoms with Gasteiger partial charge < -0.3 is 14.8 Å². The lowest BCUT2D eigenvalue weighted by molar-refractivity contribution is -0.147. The van der Waals surface area contributed by atoms with E-state index in [1.54, 1.807) is 0 Å². The number of nitrogens with one attached hydrogen (secondary N) is 2. The van der Waals surface area contributed by atoms with Crippen LogP contribution in [0.2, 0.25) is 0 Å². The molecule has 2 aliphatic carbocycles. The van der Waals surface area contributed by atoms with Crippen LogP contribution >= 0.6 is 0 Å². The van der Waals surface area contributed by atoms with Crippen molar-refractivity contribution in [1.82, 2.24) is 10.6 Å². The second-order valence-corrected chi connectivity index (χ2v) is 6.23. The van der Waals surface area contributed by atoms with E-state index in [1.165, 1.54) is 14.2 Å². The van der Waals surface area contributed by atoms with E-state index in [0.29, 0.717) is 6.67 Å². The molecule has 2 atom stereocenters. The number of esters is 2. The molecule has 130 valence electrons. The van der Waals surface area contributed by atoms with E-state index < -0.39 is 0 Å². The average molecular weight is 324 g/mol. The van der Waals surface area contributed by atoms with Crippen molar-refractivity contribution in [2.24, 2.45) is 5.92 Å². The summed E-state index contributed by atoms with van der Waals surface area (Å²) in [4.78, 5) is 23.7. The van der Waals surface area contributed by atoms with Gasteiger partial charge in [0.25, 0.3) is 0 Å². The predicted molar refractivity (Wildman–Crippen MR) is 86.4 cm³/mol. The number of carbonyl (C=O) groups is 2. The van der Waals surface area contributed by atoms with Crippen LogP contribution in [0.4, 0.5) is 0 Å². The summed E-state index contributed by atoms with van der Waals surface area (Å²) in [5, 5.41) is 6.74. The van der Waals surface area contributed by atoms with Gasteiger partial charge in [-0.2, -0.15) is 0 Å². The number of allylic oxidation sites excluding steroid dienone is 1. The van der Waals surface area contributed by atoms with Gasteiger partial charge in [0.2, 0.25) is 0 Å². The first-order valence-electron chi connectivity index (χ1n) is 8.52. The van der Waals surface area contributed by atoms with Crippen molar-refractivity contribution in [3.8, 4) is 0 Å². The molecule has 0 radical (unpaired) electrons. The first-order chi connectivity index (χ1) is 11.2. The maximum absolute atomic E-state index is 11.9. The van der Waals surface area contributed by atoms with E-state index in [-0.39, 0.29) is 23.9 Å². The van der Waals surface area contributed by atoms with Gasteiger partial charge in [0, 0.05) is 11.7 Å². The average Bonchev–Trinajstić information content (AvgIpc) is 2.61. The summed E-state index contributed by atoms with van der Waals surface area (Å²) in [6.07, 6.45) is 7.79. The van der Waals surface area contributed by atoms with Crippen molar-refractivity contribution < 1.29 is 19.1 Å². The van der Waals surface area contributed by atoms with Crippen molar-refractivity contribution in [2.75, 3.05) is 20.9 Å². The van der Waals surface area contributed by atoms with E-state index in [0.717, 1.165) is 62.6 Å². The third-order valence-corrected chi connectivity index (χ3v) is 4.84. The monoisotopic (exact) mass is 324 g/mol. The number of hydrogen-bond acceptors (Lipinski definition) is 6. The van der Waals surface area contributed by atoms with Gasteiger partial charge in [0.1, 0.15) is 0 Å². The lowest BCUT2D eigenvalue weighted by Gasteiger charge is -2.31. The Bertz CT molecular complexity index is 462. The predicted octanol–water partition coefficient (Wildman–Crippen LogP) is 1.86. The topological polar surface area (TPSA) is 76.7 Å². The van der Waals surface area contributed by atoms with E-state index in [4.69, 9.17) is 9.47 Å². The van der Waals surface area contributed by atoms with Crippen LogP contribution in [0.1, 0.15) is 51.4 Å². The molecule has 2 N–H and O–H groups in total. The van der Waals surface area contributed by atoms with Crippen LogP contribution < -0.4 is 10.6 Å². The minimum Gasteiger partial charge on any atom is -0.469 e. The SMILES string of the molecule is COC(=O)C1=C(NCNC2CCCCC2C(=O)OC)CCCC1. The maximum atomic E-state index is 11.9.